The summed E-state index contributed by atoms with van der Waals surface area (Å²) in [6.45, 7) is 1.62. The van der Waals surface area contributed by atoms with E-state index in [1.165, 1.54) is 19.1 Å². The van der Waals surface area contributed by atoms with Crippen molar-refractivity contribution in [1.82, 2.24) is 0 Å². The van der Waals surface area contributed by atoms with Crippen LogP contribution in [0.25, 0.3) is 11.1 Å². The van der Waals surface area contributed by atoms with E-state index in [4.69, 9.17) is 4.74 Å². The molecule has 0 saturated heterocycles. The number of nitrogens with one attached hydrogen (secondary N) is 2. The summed E-state index contributed by atoms with van der Waals surface area (Å²) < 4.78 is 5.02. The first-order chi connectivity index (χ1) is 28.6. The van der Waals surface area contributed by atoms with Gasteiger partial charge in [0.1, 0.15) is 18.1 Å². The third-order valence-corrected chi connectivity index (χ3v) is 10.1. The number of ketones is 4. The van der Waals surface area contributed by atoms with Crippen LogP contribution in [0.15, 0.2) is 152 Å². The molecular weight excluding hydrogens is 745 g/mol. The second kappa shape index (κ2) is 15.8. The van der Waals surface area contributed by atoms with E-state index >= 15 is 0 Å². The molecule has 0 unspecified atom stereocenters. The molecule has 0 saturated carbocycles. The van der Waals surface area contributed by atoms with Gasteiger partial charge in [0.05, 0.1) is 33.6 Å². The smallest absolute Gasteiger partial charge is 0.302 e. The van der Waals surface area contributed by atoms with Gasteiger partial charge in [-0.3, -0.25) is 24.0 Å². The number of fused-ring (bicyclic) bond motifs is 4. The minimum absolute atomic E-state index is 0.0177. The normalized spacial score (nSPS) is 12.2. The van der Waals surface area contributed by atoms with Crippen LogP contribution in [-0.4, -0.2) is 39.3 Å². The molecule has 0 aromatic heterocycles. The van der Waals surface area contributed by atoms with E-state index in [2.05, 4.69) is 10.6 Å². The van der Waals surface area contributed by atoms with Gasteiger partial charge in [0.25, 0.3) is 0 Å². The zero-order valence-corrected chi connectivity index (χ0v) is 31.5. The monoisotopic (exact) mass is 778 g/mol. The van der Waals surface area contributed by atoms with Crippen LogP contribution in [0, 0.1) is 0 Å². The Hall–Kier alpha value is -8.11. The highest BCUT2D eigenvalue weighted by molar-refractivity contribution is 6.32. The zero-order chi connectivity index (χ0) is 41.2. The van der Waals surface area contributed by atoms with Crippen molar-refractivity contribution in [2.75, 3.05) is 10.6 Å². The molecular formula is C49H34N2O8. The number of hydrogen-bond donors (Lipinski definition) is 4. The Balaban J connectivity index is 0.000000176. The van der Waals surface area contributed by atoms with E-state index in [0.717, 1.165) is 28.1 Å². The summed E-state index contributed by atoms with van der Waals surface area (Å²) >= 11 is 0. The maximum absolute atomic E-state index is 13.2. The number of rotatable bonds is 7. The molecule has 0 spiro atoms. The second-order valence-corrected chi connectivity index (χ2v) is 13.8. The minimum Gasteiger partial charge on any atom is -0.507 e. The van der Waals surface area contributed by atoms with Crippen LogP contribution < -0.4 is 10.6 Å². The Labute approximate surface area is 338 Å². The first-order valence-corrected chi connectivity index (χ1v) is 18.6. The highest BCUT2D eigenvalue weighted by atomic mass is 16.5. The summed E-state index contributed by atoms with van der Waals surface area (Å²) in [5.74, 6) is -2.00. The number of ether oxygens (including phenoxy) is 1. The summed E-state index contributed by atoms with van der Waals surface area (Å²) in [6.07, 6.45) is 0. The molecule has 7 aromatic rings. The van der Waals surface area contributed by atoms with Crippen molar-refractivity contribution in [3.63, 3.8) is 0 Å². The number of para-hydroxylation sites is 1. The van der Waals surface area contributed by atoms with Crippen molar-refractivity contribution < 1.29 is 38.9 Å². The number of anilines is 4. The Morgan fingerprint density at radius 1 is 0.458 bits per heavy atom. The third kappa shape index (κ3) is 7.34. The lowest BCUT2D eigenvalue weighted by Crippen LogP contribution is -2.22. The molecule has 288 valence electrons. The molecule has 10 nitrogen and oxygen atoms in total. The van der Waals surface area contributed by atoms with Gasteiger partial charge in [-0.1, -0.05) is 103 Å². The lowest BCUT2D eigenvalue weighted by Gasteiger charge is -2.21. The molecule has 0 atom stereocenters. The predicted molar refractivity (Wildman–Crippen MR) is 223 cm³/mol. The van der Waals surface area contributed by atoms with Gasteiger partial charge in [0, 0.05) is 40.6 Å². The summed E-state index contributed by atoms with van der Waals surface area (Å²) in [6, 6.07) is 44.1. The molecule has 0 aliphatic heterocycles. The maximum Gasteiger partial charge on any atom is 0.302 e. The number of phenolic OH excluding ortho intramolecular Hbond substituents is 2. The summed E-state index contributed by atoms with van der Waals surface area (Å²) in [7, 11) is 0. The molecule has 9 rings (SSSR count). The topological polar surface area (TPSA) is 159 Å². The molecule has 0 fully saturated rings. The van der Waals surface area contributed by atoms with E-state index in [-0.39, 0.29) is 69.5 Å². The standard InChI is InChI=1S/C29H21NO5.C20H13NO3/c1-17(31)35-16-18-6-8-19(9-7-18)20-10-12-21(13-11-20)30-24-14-15-25(32)27-26(24)28(33)22-4-2-3-5-23(22)29(27)34;22-16-11-10-15(21-12-6-2-1-3-7-12)17-18(16)20(24)14-9-5-4-8-13(14)19(17)23/h2-15,30,32H,16H2,1H3;1-11,21-22H. The van der Waals surface area contributed by atoms with E-state index in [9.17, 15) is 34.2 Å². The molecule has 0 amide bonds. The van der Waals surface area contributed by atoms with Gasteiger partial charge >= 0.3 is 5.97 Å². The van der Waals surface area contributed by atoms with Gasteiger partial charge in [0.15, 0.2) is 23.1 Å². The van der Waals surface area contributed by atoms with Crippen molar-refractivity contribution in [1.29, 1.82) is 0 Å². The number of esters is 1. The van der Waals surface area contributed by atoms with Crippen LogP contribution in [0.2, 0.25) is 0 Å². The van der Waals surface area contributed by atoms with Crippen LogP contribution in [0.3, 0.4) is 0 Å². The maximum atomic E-state index is 13.2. The summed E-state index contributed by atoms with van der Waals surface area (Å²) in [5, 5.41) is 26.9. The van der Waals surface area contributed by atoms with Gasteiger partial charge in [-0.2, -0.15) is 0 Å². The van der Waals surface area contributed by atoms with Crippen molar-refractivity contribution in [3.8, 4) is 22.6 Å². The fraction of sp³-hybridized carbons (Fsp3) is 0.0408. The molecule has 2 aliphatic rings. The molecule has 7 aromatic carbocycles. The molecule has 0 bridgehead atoms. The van der Waals surface area contributed by atoms with Crippen LogP contribution in [0.1, 0.15) is 76.2 Å². The third-order valence-electron chi connectivity index (χ3n) is 10.1. The Morgan fingerprint density at radius 3 is 1.25 bits per heavy atom. The largest absolute Gasteiger partial charge is 0.507 e. The van der Waals surface area contributed by atoms with Gasteiger partial charge in [-0.05, 0) is 65.2 Å². The average molecular weight is 779 g/mol. The molecule has 0 radical (unpaired) electrons. The lowest BCUT2D eigenvalue weighted by atomic mass is 9.82. The van der Waals surface area contributed by atoms with Crippen molar-refractivity contribution in [3.05, 3.63) is 202 Å². The zero-order valence-electron chi connectivity index (χ0n) is 31.5. The van der Waals surface area contributed by atoms with E-state index < -0.39 is 0 Å². The number of carbonyl (C=O) groups excluding carboxylic acids is 5. The quantitative estimate of drug-likeness (QED) is 0.0907. The number of phenols is 2. The minimum atomic E-state index is -0.371. The van der Waals surface area contributed by atoms with Gasteiger partial charge in [0.2, 0.25) is 0 Å². The number of benzene rings is 7. The number of carbonyl (C=O) groups is 5. The van der Waals surface area contributed by atoms with Crippen LogP contribution >= 0.6 is 0 Å². The van der Waals surface area contributed by atoms with Crippen molar-refractivity contribution in [2.45, 2.75) is 13.5 Å². The molecule has 4 N–H and O–H groups in total. The molecule has 0 heterocycles. The SMILES string of the molecule is CC(=O)OCc1ccc(-c2ccc(Nc3ccc(O)c4c3C(=O)c3ccccc3C4=O)cc2)cc1.O=C1c2ccccc2C(=O)c2c(Nc3ccccc3)ccc(O)c21. The van der Waals surface area contributed by atoms with E-state index in [1.54, 1.807) is 60.7 Å². The molecule has 10 heteroatoms. The van der Waals surface area contributed by atoms with Crippen molar-refractivity contribution >= 4 is 51.9 Å². The van der Waals surface area contributed by atoms with Gasteiger partial charge in [-0.25, -0.2) is 0 Å². The van der Waals surface area contributed by atoms with E-state index in [0.29, 0.717) is 33.6 Å². The number of aromatic hydroxyl groups is 2. The lowest BCUT2D eigenvalue weighted by molar-refractivity contribution is -0.142. The van der Waals surface area contributed by atoms with Crippen LogP contribution in [0.4, 0.5) is 22.7 Å². The fourth-order valence-corrected chi connectivity index (χ4v) is 7.18. The predicted octanol–water partition coefficient (Wildman–Crippen LogP) is 9.55. The highest BCUT2D eigenvalue weighted by Crippen LogP contribution is 2.40. The van der Waals surface area contributed by atoms with Gasteiger partial charge in [-0.15, -0.1) is 0 Å². The second-order valence-electron chi connectivity index (χ2n) is 13.8. The Bertz CT molecular complexity index is 2830. The number of hydrogen-bond acceptors (Lipinski definition) is 10. The van der Waals surface area contributed by atoms with Crippen molar-refractivity contribution in [2.24, 2.45) is 0 Å². The Kier molecular flexibility index (Phi) is 10.1. The van der Waals surface area contributed by atoms with Crippen LogP contribution in [-0.2, 0) is 16.1 Å². The summed E-state index contributed by atoms with van der Waals surface area (Å²) in [4.78, 5) is 62.9. The fourth-order valence-electron chi connectivity index (χ4n) is 7.18. The van der Waals surface area contributed by atoms with Gasteiger partial charge < -0.3 is 25.6 Å². The molecule has 59 heavy (non-hydrogen) atoms. The first-order valence-electron chi connectivity index (χ1n) is 18.6. The average Bonchev–Trinajstić information content (AvgIpc) is 3.26. The highest BCUT2D eigenvalue weighted by Gasteiger charge is 2.35. The summed E-state index contributed by atoms with van der Waals surface area (Å²) in [5.41, 5.74) is 7.12. The Morgan fingerprint density at radius 2 is 0.831 bits per heavy atom. The first kappa shape index (κ1) is 37.8. The van der Waals surface area contributed by atoms with Crippen LogP contribution in [0.5, 0.6) is 11.5 Å². The molecule has 2 aliphatic carbocycles. The van der Waals surface area contributed by atoms with E-state index in [1.807, 2.05) is 78.9 Å².